The van der Waals surface area contributed by atoms with E-state index in [1.807, 2.05) is 20.0 Å². The molecule has 1 aromatic rings. The monoisotopic (exact) mass is 264 g/mol. The van der Waals surface area contributed by atoms with Gasteiger partial charge in [-0.1, -0.05) is 26.0 Å². The Balaban J connectivity index is 2.92. The number of aryl methyl sites for hydroxylation is 1. The van der Waals surface area contributed by atoms with Crippen LogP contribution in [0.2, 0.25) is 0 Å². The lowest BCUT2D eigenvalue weighted by atomic mass is 9.84. The highest BCUT2D eigenvalue weighted by Crippen LogP contribution is 2.28. The minimum absolute atomic E-state index is 0.0572. The molecule has 0 saturated carbocycles. The van der Waals surface area contributed by atoms with Gasteiger partial charge >= 0.3 is 0 Å². The molecule has 3 N–H and O–H groups in total. The molecule has 0 aliphatic carbocycles. The molecule has 0 amide bonds. The van der Waals surface area contributed by atoms with E-state index in [-0.39, 0.29) is 6.04 Å². The van der Waals surface area contributed by atoms with Gasteiger partial charge in [-0.2, -0.15) is 0 Å². The molecule has 0 aliphatic rings. The Kier molecular flexibility index (Phi) is 6.32. The maximum Gasteiger partial charge on any atom is 0.122 e. The van der Waals surface area contributed by atoms with Crippen LogP contribution in [0.3, 0.4) is 0 Å². The first kappa shape index (κ1) is 16.0. The highest BCUT2D eigenvalue weighted by atomic mass is 16.5. The van der Waals surface area contributed by atoms with Gasteiger partial charge in [-0.05, 0) is 56.5 Å². The van der Waals surface area contributed by atoms with Gasteiger partial charge in [0.15, 0.2) is 0 Å². The summed E-state index contributed by atoms with van der Waals surface area (Å²) in [7, 11) is 1.98. The number of rotatable bonds is 7. The molecule has 0 heterocycles. The van der Waals surface area contributed by atoms with Crippen molar-refractivity contribution in [2.75, 3.05) is 20.2 Å². The first-order valence-corrected chi connectivity index (χ1v) is 7.14. The van der Waals surface area contributed by atoms with Crippen molar-refractivity contribution in [3.05, 3.63) is 29.3 Å². The molecule has 3 heteroatoms. The summed E-state index contributed by atoms with van der Waals surface area (Å²) in [6, 6.07) is 6.33. The van der Waals surface area contributed by atoms with E-state index in [1.165, 1.54) is 5.56 Å². The lowest BCUT2D eigenvalue weighted by Gasteiger charge is -2.28. The van der Waals surface area contributed by atoms with Crippen LogP contribution in [0.5, 0.6) is 5.75 Å². The van der Waals surface area contributed by atoms with E-state index in [9.17, 15) is 0 Å². The second-order valence-electron chi connectivity index (χ2n) is 5.45. The Morgan fingerprint density at radius 3 is 2.47 bits per heavy atom. The number of hydrogen-bond donors (Lipinski definition) is 2. The second kappa shape index (κ2) is 7.51. The van der Waals surface area contributed by atoms with Gasteiger partial charge in [0.2, 0.25) is 0 Å². The lowest BCUT2D eigenvalue weighted by Crippen LogP contribution is -2.33. The summed E-state index contributed by atoms with van der Waals surface area (Å²) < 4.78 is 5.57. The molecule has 0 saturated heterocycles. The fourth-order valence-corrected chi connectivity index (χ4v) is 2.46. The maximum atomic E-state index is 6.44. The van der Waals surface area contributed by atoms with Gasteiger partial charge in [0.05, 0.1) is 6.61 Å². The van der Waals surface area contributed by atoms with E-state index in [1.54, 1.807) is 0 Å². The predicted molar refractivity (Wildman–Crippen MR) is 81.5 cm³/mol. The van der Waals surface area contributed by atoms with Crippen molar-refractivity contribution in [1.29, 1.82) is 0 Å². The van der Waals surface area contributed by atoms with E-state index in [0.29, 0.717) is 18.4 Å². The maximum absolute atomic E-state index is 6.44. The van der Waals surface area contributed by atoms with Crippen LogP contribution in [0, 0.1) is 18.8 Å². The van der Waals surface area contributed by atoms with Crippen molar-refractivity contribution >= 4 is 0 Å². The Morgan fingerprint density at radius 2 is 2.00 bits per heavy atom. The molecular formula is C16H28N2O. The van der Waals surface area contributed by atoms with Gasteiger partial charge in [0, 0.05) is 6.04 Å². The molecule has 108 valence electrons. The molecule has 0 aliphatic heterocycles. The van der Waals surface area contributed by atoms with Gasteiger partial charge in [-0.25, -0.2) is 0 Å². The Hall–Kier alpha value is -1.06. The van der Waals surface area contributed by atoms with Gasteiger partial charge in [0.1, 0.15) is 5.75 Å². The van der Waals surface area contributed by atoms with E-state index < -0.39 is 0 Å². The van der Waals surface area contributed by atoms with E-state index in [4.69, 9.17) is 10.5 Å². The van der Waals surface area contributed by atoms with Crippen LogP contribution in [-0.2, 0) is 0 Å². The second-order valence-corrected chi connectivity index (χ2v) is 5.45. The molecular weight excluding hydrogens is 236 g/mol. The standard InChI is InChI=1S/C16H28N2O/c1-6-19-15-8-7-13(9-12(15)4)16(17)14(10-18-5)11(2)3/h7-9,11,14,16,18H,6,10,17H2,1-5H3. The first-order chi connectivity index (χ1) is 9.01. The van der Waals surface area contributed by atoms with Crippen LogP contribution in [0.25, 0.3) is 0 Å². The largest absolute Gasteiger partial charge is 0.494 e. The van der Waals surface area contributed by atoms with Crippen LogP contribution in [0.1, 0.15) is 37.9 Å². The van der Waals surface area contributed by atoms with Crippen molar-refractivity contribution in [1.82, 2.24) is 5.32 Å². The van der Waals surface area contributed by atoms with Gasteiger partial charge in [0.25, 0.3) is 0 Å². The van der Waals surface area contributed by atoms with E-state index in [2.05, 4.69) is 38.2 Å². The summed E-state index contributed by atoms with van der Waals surface area (Å²) in [5.74, 6) is 1.94. The normalized spacial score (nSPS) is 14.5. The molecule has 0 bridgehead atoms. The van der Waals surface area contributed by atoms with Crippen molar-refractivity contribution in [2.24, 2.45) is 17.6 Å². The molecule has 0 fully saturated rings. The summed E-state index contributed by atoms with van der Waals surface area (Å²) >= 11 is 0. The summed E-state index contributed by atoms with van der Waals surface area (Å²) in [6.07, 6.45) is 0. The van der Waals surface area contributed by atoms with Gasteiger partial charge in [-0.3, -0.25) is 0 Å². The van der Waals surface area contributed by atoms with Crippen LogP contribution in [0.4, 0.5) is 0 Å². The Labute approximate surface area is 117 Å². The van der Waals surface area contributed by atoms with Crippen LogP contribution in [0.15, 0.2) is 18.2 Å². The molecule has 2 unspecified atom stereocenters. The topological polar surface area (TPSA) is 47.3 Å². The summed E-state index contributed by atoms with van der Waals surface area (Å²) in [5, 5.41) is 3.24. The third-order valence-corrected chi connectivity index (χ3v) is 3.64. The van der Waals surface area contributed by atoms with Crippen LogP contribution >= 0.6 is 0 Å². The number of nitrogens with one attached hydrogen (secondary N) is 1. The average Bonchev–Trinajstić information content (AvgIpc) is 2.37. The minimum atomic E-state index is 0.0572. The fraction of sp³-hybridized carbons (Fsp3) is 0.625. The molecule has 0 spiro atoms. The number of hydrogen-bond acceptors (Lipinski definition) is 3. The number of nitrogens with two attached hydrogens (primary N) is 1. The lowest BCUT2D eigenvalue weighted by molar-refractivity contribution is 0.313. The van der Waals surface area contributed by atoms with Crippen molar-refractivity contribution in [2.45, 2.75) is 33.7 Å². The molecule has 1 rings (SSSR count). The van der Waals surface area contributed by atoms with Crippen molar-refractivity contribution < 1.29 is 4.74 Å². The summed E-state index contributed by atoms with van der Waals surface area (Å²) in [5.41, 5.74) is 8.78. The fourth-order valence-electron chi connectivity index (χ4n) is 2.46. The first-order valence-electron chi connectivity index (χ1n) is 7.14. The van der Waals surface area contributed by atoms with E-state index >= 15 is 0 Å². The highest BCUT2D eigenvalue weighted by molar-refractivity contribution is 5.37. The molecule has 19 heavy (non-hydrogen) atoms. The van der Waals surface area contributed by atoms with Crippen molar-refractivity contribution in [3.8, 4) is 5.75 Å². The highest BCUT2D eigenvalue weighted by Gasteiger charge is 2.22. The minimum Gasteiger partial charge on any atom is -0.494 e. The number of ether oxygens (including phenoxy) is 1. The zero-order valence-corrected chi connectivity index (χ0v) is 12.9. The van der Waals surface area contributed by atoms with Gasteiger partial charge in [-0.15, -0.1) is 0 Å². The molecule has 0 radical (unpaired) electrons. The van der Waals surface area contributed by atoms with Gasteiger partial charge < -0.3 is 15.8 Å². The molecule has 1 aromatic carbocycles. The molecule has 3 nitrogen and oxygen atoms in total. The van der Waals surface area contributed by atoms with Crippen molar-refractivity contribution in [3.63, 3.8) is 0 Å². The van der Waals surface area contributed by atoms with E-state index in [0.717, 1.165) is 17.9 Å². The number of benzene rings is 1. The van der Waals surface area contributed by atoms with Crippen LogP contribution < -0.4 is 15.8 Å². The summed E-state index contributed by atoms with van der Waals surface area (Å²) in [6.45, 7) is 10.2. The average molecular weight is 264 g/mol. The Morgan fingerprint density at radius 1 is 1.32 bits per heavy atom. The predicted octanol–water partition coefficient (Wildman–Crippen LogP) is 2.89. The summed E-state index contributed by atoms with van der Waals surface area (Å²) in [4.78, 5) is 0. The van der Waals surface area contributed by atoms with Crippen LogP contribution in [-0.4, -0.2) is 20.2 Å². The molecule has 2 atom stereocenters. The third kappa shape index (κ3) is 4.22. The zero-order chi connectivity index (χ0) is 14.4. The third-order valence-electron chi connectivity index (χ3n) is 3.64. The zero-order valence-electron chi connectivity index (χ0n) is 12.9. The SMILES string of the molecule is CCOc1ccc(C(N)C(CNC)C(C)C)cc1C. The smallest absolute Gasteiger partial charge is 0.122 e. The quantitative estimate of drug-likeness (QED) is 0.796. The molecule has 0 aromatic heterocycles. The Bertz CT molecular complexity index is 390.